The highest BCUT2D eigenvalue weighted by atomic mass is 16.2. The summed E-state index contributed by atoms with van der Waals surface area (Å²) in [7, 11) is 0. The molecular formula is C15H16N4O. The molecule has 3 heterocycles. The van der Waals surface area contributed by atoms with Crippen molar-refractivity contribution in [2.75, 3.05) is 11.9 Å². The van der Waals surface area contributed by atoms with Crippen LogP contribution in [-0.4, -0.2) is 26.9 Å². The van der Waals surface area contributed by atoms with Crippen LogP contribution in [0.25, 0.3) is 0 Å². The predicted molar refractivity (Wildman–Crippen MR) is 75.4 cm³/mol. The molecule has 5 nitrogen and oxygen atoms in total. The van der Waals surface area contributed by atoms with Gasteiger partial charge in [-0.2, -0.15) is 0 Å². The van der Waals surface area contributed by atoms with Crippen molar-refractivity contribution in [1.82, 2.24) is 14.5 Å². The van der Waals surface area contributed by atoms with Gasteiger partial charge in [0.1, 0.15) is 5.69 Å². The molecule has 1 amide bonds. The van der Waals surface area contributed by atoms with Crippen molar-refractivity contribution in [2.24, 2.45) is 0 Å². The van der Waals surface area contributed by atoms with E-state index in [0.29, 0.717) is 18.8 Å². The molecule has 2 aliphatic rings. The van der Waals surface area contributed by atoms with E-state index in [4.69, 9.17) is 0 Å². The van der Waals surface area contributed by atoms with E-state index in [2.05, 4.69) is 22.4 Å². The van der Waals surface area contributed by atoms with Crippen LogP contribution in [0.3, 0.4) is 0 Å². The van der Waals surface area contributed by atoms with Gasteiger partial charge in [-0.1, -0.05) is 24.3 Å². The number of hydrogen-bond acceptors (Lipinski definition) is 3. The van der Waals surface area contributed by atoms with Crippen molar-refractivity contribution in [3.05, 3.63) is 47.3 Å². The number of anilines is 1. The molecule has 1 N–H and O–H groups in total. The van der Waals surface area contributed by atoms with E-state index in [1.807, 2.05) is 27.8 Å². The Balaban J connectivity index is 1.58. The molecule has 0 aliphatic carbocycles. The molecular weight excluding hydrogens is 252 g/mol. The largest absolute Gasteiger partial charge is 0.356 e. The van der Waals surface area contributed by atoms with E-state index in [1.54, 1.807) is 0 Å². The first kappa shape index (κ1) is 11.5. The van der Waals surface area contributed by atoms with Gasteiger partial charge < -0.3 is 14.8 Å². The summed E-state index contributed by atoms with van der Waals surface area (Å²) in [5, 5.41) is 3.23. The Hall–Kier alpha value is -2.30. The number of carbonyl (C=O) groups excluding carboxylic acids is 1. The minimum absolute atomic E-state index is 0.0184. The lowest BCUT2D eigenvalue weighted by Crippen LogP contribution is -2.25. The molecule has 0 spiro atoms. The minimum atomic E-state index is 0.0184. The smallest absolute Gasteiger partial charge is 0.274 e. The van der Waals surface area contributed by atoms with Crippen LogP contribution < -0.4 is 5.32 Å². The van der Waals surface area contributed by atoms with Gasteiger partial charge in [0.15, 0.2) is 0 Å². The fourth-order valence-electron chi connectivity index (χ4n) is 2.92. The molecule has 1 aromatic heterocycles. The Labute approximate surface area is 117 Å². The van der Waals surface area contributed by atoms with Gasteiger partial charge in [-0.25, -0.2) is 4.98 Å². The summed E-state index contributed by atoms with van der Waals surface area (Å²) in [5.74, 6) is 0.834. The summed E-state index contributed by atoms with van der Waals surface area (Å²) >= 11 is 0. The Bertz CT molecular complexity index is 628. The fourth-order valence-corrected chi connectivity index (χ4v) is 2.92. The Kier molecular flexibility index (Phi) is 2.52. The molecule has 1 aromatic carbocycles. The number of aromatic nitrogens is 2. The topological polar surface area (TPSA) is 50.2 Å². The zero-order valence-corrected chi connectivity index (χ0v) is 11.2. The minimum Gasteiger partial charge on any atom is -0.356 e. The predicted octanol–water partition coefficient (Wildman–Crippen LogP) is 1.85. The molecule has 2 aromatic rings. The molecule has 0 unspecified atom stereocenters. The van der Waals surface area contributed by atoms with Crippen LogP contribution in [0.1, 0.15) is 28.0 Å². The van der Waals surface area contributed by atoms with E-state index in [-0.39, 0.29) is 5.91 Å². The molecule has 20 heavy (non-hydrogen) atoms. The van der Waals surface area contributed by atoms with E-state index < -0.39 is 0 Å². The first-order valence-corrected chi connectivity index (χ1v) is 6.98. The molecule has 0 fully saturated rings. The summed E-state index contributed by atoms with van der Waals surface area (Å²) in [5.41, 5.74) is 3.02. The highest BCUT2D eigenvalue weighted by Gasteiger charge is 2.26. The summed E-state index contributed by atoms with van der Waals surface area (Å²) in [6.07, 6.45) is 2.94. The van der Waals surface area contributed by atoms with Crippen LogP contribution in [0.2, 0.25) is 0 Å². The quantitative estimate of drug-likeness (QED) is 0.858. The van der Waals surface area contributed by atoms with E-state index in [0.717, 1.165) is 25.5 Å². The van der Waals surface area contributed by atoms with Crippen LogP contribution >= 0.6 is 0 Å². The van der Waals surface area contributed by atoms with Gasteiger partial charge in [0.25, 0.3) is 5.91 Å². The fraction of sp³-hybridized carbons (Fsp3) is 0.333. The van der Waals surface area contributed by atoms with Crippen LogP contribution in [0.5, 0.6) is 0 Å². The number of carbonyl (C=O) groups is 1. The molecule has 2 aliphatic heterocycles. The lowest BCUT2D eigenvalue weighted by Gasteiger charge is -2.14. The van der Waals surface area contributed by atoms with Crippen LogP contribution in [0.4, 0.5) is 5.95 Å². The summed E-state index contributed by atoms with van der Waals surface area (Å²) in [6, 6.07) is 8.21. The van der Waals surface area contributed by atoms with Gasteiger partial charge in [0.2, 0.25) is 5.95 Å². The summed E-state index contributed by atoms with van der Waals surface area (Å²) < 4.78 is 2.03. The van der Waals surface area contributed by atoms with E-state index in [9.17, 15) is 4.79 Å². The van der Waals surface area contributed by atoms with Gasteiger partial charge in [0.05, 0.1) is 0 Å². The van der Waals surface area contributed by atoms with Gasteiger partial charge in [0, 0.05) is 32.4 Å². The molecule has 0 saturated heterocycles. The molecule has 0 saturated carbocycles. The van der Waals surface area contributed by atoms with Crippen molar-refractivity contribution >= 4 is 11.9 Å². The number of amides is 1. The van der Waals surface area contributed by atoms with Crippen molar-refractivity contribution < 1.29 is 4.79 Å². The maximum atomic E-state index is 12.6. The molecule has 4 rings (SSSR count). The number of rotatable bonds is 1. The number of nitrogens with one attached hydrogen (secondary N) is 1. The average Bonchev–Trinajstić information content (AvgIpc) is 3.10. The van der Waals surface area contributed by atoms with Crippen LogP contribution in [0.15, 0.2) is 30.5 Å². The Morgan fingerprint density at radius 3 is 2.65 bits per heavy atom. The number of imidazole rings is 1. The third-order valence-electron chi connectivity index (χ3n) is 3.98. The maximum Gasteiger partial charge on any atom is 0.274 e. The number of benzene rings is 1. The van der Waals surface area contributed by atoms with Crippen molar-refractivity contribution in [2.45, 2.75) is 26.1 Å². The highest BCUT2D eigenvalue weighted by molar-refractivity contribution is 5.93. The second-order valence-electron chi connectivity index (χ2n) is 5.35. The molecule has 5 heteroatoms. The van der Waals surface area contributed by atoms with Crippen molar-refractivity contribution in [3.63, 3.8) is 0 Å². The van der Waals surface area contributed by atoms with Gasteiger partial charge in [-0.15, -0.1) is 0 Å². The third kappa shape index (κ3) is 1.78. The van der Waals surface area contributed by atoms with Gasteiger partial charge in [-0.3, -0.25) is 4.79 Å². The molecule has 0 bridgehead atoms. The van der Waals surface area contributed by atoms with Crippen LogP contribution in [-0.2, 0) is 19.6 Å². The standard InChI is InChI=1S/C15H16N4O/c20-14(13-10-18-7-3-6-16-15(18)17-13)19-8-11-4-1-2-5-12(11)9-19/h1-2,4-5,10H,3,6-9H2,(H,16,17). The second-order valence-corrected chi connectivity index (χ2v) is 5.35. The zero-order chi connectivity index (χ0) is 13.5. The van der Waals surface area contributed by atoms with E-state index >= 15 is 0 Å². The van der Waals surface area contributed by atoms with Gasteiger partial charge in [-0.05, 0) is 17.5 Å². The highest BCUT2D eigenvalue weighted by Crippen LogP contribution is 2.24. The monoisotopic (exact) mass is 268 g/mol. The maximum absolute atomic E-state index is 12.6. The van der Waals surface area contributed by atoms with E-state index in [1.165, 1.54) is 11.1 Å². The van der Waals surface area contributed by atoms with Crippen LogP contribution in [0, 0.1) is 0 Å². The molecule has 0 radical (unpaired) electrons. The zero-order valence-electron chi connectivity index (χ0n) is 11.2. The normalized spacial score (nSPS) is 16.5. The molecule has 102 valence electrons. The first-order valence-electron chi connectivity index (χ1n) is 6.98. The lowest BCUT2D eigenvalue weighted by molar-refractivity contribution is 0.0746. The number of hydrogen-bond donors (Lipinski definition) is 1. The summed E-state index contributed by atoms with van der Waals surface area (Å²) in [6.45, 7) is 3.23. The number of fused-ring (bicyclic) bond motifs is 2. The Morgan fingerprint density at radius 2 is 1.95 bits per heavy atom. The average molecular weight is 268 g/mol. The molecule has 0 atom stereocenters. The van der Waals surface area contributed by atoms with Gasteiger partial charge >= 0.3 is 0 Å². The second kappa shape index (κ2) is 4.37. The van der Waals surface area contributed by atoms with Crippen molar-refractivity contribution in [1.29, 1.82) is 0 Å². The summed E-state index contributed by atoms with van der Waals surface area (Å²) in [4.78, 5) is 18.8. The number of nitrogens with zero attached hydrogens (tertiary/aromatic N) is 3. The lowest BCUT2D eigenvalue weighted by atomic mass is 10.1. The third-order valence-corrected chi connectivity index (χ3v) is 3.98. The van der Waals surface area contributed by atoms with Crippen molar-refractivity contribution in [3.8, 4) is 0 Å². The Morgan fingerprint density at radius 1 is 1.20 bits per heavy atom. The number of aryl methyl sites for hydroxylation is 1. The first-order chi connectivity index (χ1) is 9.81. The SMILES string of the molecule is O=C(c1cn2c(n1)NCCC2)N1Cc2ccccc2C1.